The molecule has 12 heteroatoms. The second kappa shape index (κ2) is 13.7. The molecule has 2 aliphatic rings. The summed E-state index contributed by atoms with van der Waals surface area (Å²) in [6.07, 6.45) is 5.86. The van der Waals surface area contributed by atoms with Gasteiger partial charge >= 0.3 is 5.69 Å². The van der Waals surface area contributed by atoms with E-state index < -0.39 is 4.93 Å². The molecule has 0 spiro atoms. The quantitative estimate of drug-likeness (QED) is 0.196. The lowest BCUT2D eigenvalue weighted by atomic mass is 10.1. The van der Waals surface area contributed by atoms with E-state index in [9.17, 15) is 4.79 Å². The molecule has 7 rings (SSSR count). The van der Waals surface area contributed by atoms with Gasteiger partial charge in [0.05, 0.1) is 36.0 Å². The molecule has 3 aromatic carbocycles. The first-order valence-corrected chi connectivity index (χ1v) is 17.1. The molecule has 2 aliphatic heterocycles. The monoisotopic (exact) mass is 652 g/mol. The van der Waals surface area contributed by atoms with Gasteiger partial charge in [-0.15, -0.1) is 11.8 Å². The Balaban J connectivity index is 0.913. The van der Waals surface area contributed by atoms with Gasteiger partial charge in [-0.25, -0.2) is 14.0 Å². The van der Waals surface area contributed by atoms with E-state index in [4.69, 9.17) is 9.47 Å². The van der Waals surface area contributed by atoms with Crippen molar-refractivity contribution in [2.45, 2.75) is 43.0 Å². The fourth-order valence-corrected chi connectivity index (χ4v) is 7.54. The number of hydrogen-bond donors (Lipinski definition) is 0. The number of hydrogen-bond acceptors (Lipinski definition) is 9. The summed E-state index contributed by atoms with van der Waals surface area (Å²) in [5.74, 6) is 0.854. The van der Waals surface area contributed by atoms with Crippen LogP contribution >= 0.6 is 11.8 Å². The second-order valence-electron chi connectivity index (χ2n) is 12.0. The fourth-order valence-electron chi connectivity index (χ4n) is 6.13. The van der Waals surface area contributed by atoms with Gasteiger partial charge in [0, 0.05) is 37.6 Å². The summed E-state index contributed by atoms with van der Waals surface area (Å²) in [4.78, 5) is 18.7. The zero-order chi connectivity index (χ0) is 32.2. The summed E-state index contributed by atoms with van der Waals surface area (Å²) in [7, 11) is 0. The highest BCUT2D eigenvalue weighted by Crippen LogP contribution is 2.47. The largest absolute Gasteiger partial charge is 0.492 e. The fraction of sp³-hybridized carbons (Fsp3) is 0.371. The van der Waals surface area contributed by atoms with Gasteiger partial charge in [-0.05, 0) is 67.4 Å². The number of anilines is 2. The maximum absolute atomic E-state index is 12.8. The Morgan fingerprint density at radius 3 is 2.13 bits per heavy atom. The van der Waals surface area contributed by atoms with Crippen molar-refractivity contribution in [2.24, 2.45) is 0 Å². The Bertz CT molecular complexity index is 1790. The minimum absolute atomic E-state index is 0.0763. The third-order valence-corrected chi connectivity index (χ3v) is 10.5. The van der Waals surface area contributed by atoms with Crippen LogP contribution in [-0.4, -0.2) is 74.0 Å². The first-order valence-electron chi connectivity index (χ1n) is 16.2. The maximum atomic E-state index is 12.8. The minimum Gasteiger partial charge on any atom is -0.492 e. The molecule has 2 saturated heterocycles. The van der Waals surface area contributed by atoms with Crippen molar-refractivity contribution in [3.8, 4) is 11.4 Å². The molecule has 2 fully saturated rings. The van der Waals surface area contributed by atoms with Crippen LogP contribution in [0, 0.1) is 0 Å². The van der Waals surface area contributed by atoms with E-state index in [0.29, 0.717) is 19.8 Å². The Morgan fingerprint density at radius 2 is 1.49 bits per heavy atom. The second-order valence-corrected chi connectivity index (χ2v) is 13.6. The average molecular weight is 653 g/mol. The van der Waals surface area contributed by atoms with E-state index in [1.54, 1.807) is 44.5 Å². The summed E-state index contributed by atoms with van der Waals surface area (Å²) in [6, 6.07) is 27.0. The number of thioether (sulfide) groups is 1. The predicted molar refractivity (Wildman–Crippen MR) is 185 cm³/mol. The molecule has 47 heavy (non-hydrogen) atoms. The molecule has 4 heterocycles. The summed E-state index contributed by atoms with van der Waals surface area (Å²) in [6.45, 7) is 9.42. The molecule has 0 aliphatic carbocycles. The van der Waals surface area contributed by atoms with Crippen LogP contribution in [0.5, 0.6) is 5.75 Å². The number of piperazine rings is 1. The van der Waals surface area contributed by atoms with Gasteiger partial charge in [-0.3, -0.25) is 0 Å². The minimum atomic E-state index is -0.556. The van der Waals surface area contributed by atoms with Crippen molar-refractivity contribution in [1.29, 1.82) is 0 Å². The molecule has 0 bridgehead atoms. The molecule has 11 nitrogen and oxygen atoms in total. The molecule has 0 N–H and O–H groups in total. The zero-order valence-corrected chi connectivity index (χ0v) is 27.6. The third kappa shape index (κ3) is 6.66. The van der Waals surface area contributed by atoms with Gasteiger partial charge in [-0.1, -0.05) is 37.3 Å². The number of ether oxygens (including phenoxy) is 2. The van der Waals surface area contributed by atoms with Crippen LogP contribution in [0.4, 0.5) is 11.4 Å². The SMILES string of the molecule is CCC(C)n1ncn(-c2ccc(N3CCN(c4ccc(OC[C@@H]5CO[C@@](Cn6nccn6)(c6ccccc6)S5)cc4)CC3)cc2)c1=O. The average Bonchev–Trinajstić information content (AvgIpc) is 3.89. The van der Waals surface area contributed by atoms with Crippen molar-refractivity contribution in [2.75, 3.05) is 49.2 Å². The van der Waals surface area contributed by atoms with Crippen LogP contribution in [0.2, 0.25) is 0 Å². The van der Waals surface area contributed by atoms with E-state index in [-0.39, 0.29) is 17.0 Å². The molecular weight excluding hydrogens is 613 g/mol. The van der Waals surface area contributed by atoms with Gasteiger partial charge in [0.1, 0.15) is 25.2 Å². The topological polar surface area (TPSA) is 95.5 Å². The lowest BCUT2D eigenvalue weighted by molar-refractivity contribution is 0.0219. The molecule has 0 saturated carbocycles. The van der Waals surface area contributed by atoms with E-state index in [2.05, 4.69) is 80.6 Å². The molecular formula is C35H40N8O3S. The number of benzene rings is 3. The van der Waals surface area contributed by atoms with Crippen LogP contribution in [0.3, 0.4) is 0 Å². The lowest BCUT2D eigenvalue weighted by Crippen LogP contribution is -2.46. The summed E-state index contributed by atoms with van der Waals surface area (Å²) >= 11 is 1.78. The first-order chi connectivity index (χ1) is 23.0. The normalized spacial score (nSPS) is 20.4. The van der Waals surface area contributed by atoms with Crippen molar-refractivity contribution in [3.05, 3.63) is 114 Å². The Kier molecular flexibility index (Phi) is 9.03. The van der Waals surface area contributed by atoms with E-state index in [1.165, 1.54) is 5.69 Å². The van der Waals surface area contributed by atoms with E-state index in [0.717, 1.165) is 55.3 Å². The van der Waals surface area contributed by atoms with Crippen LogP contribution in [0.15, 0.2) is 102 Å². The number of nitrogens with zero attached hydrogens (tertiary/aromatic N) is 8. The smallest absolute Gasteiger partial charge is 0.350 e. The van der Waals surface area contributed by atoms with E-state index in [1.807, 2.05) is 37.3 Å². The lowest BCUT2D eigenvalue weighted by Gasteiger charge is -2.37. The Labute approximate surface area is 278 Å². The number of aromatic nitrogens is 6. The van der Waals surface area contributed by atoms with Crippen molar-refractivity contribution < 1.29 is 9.47 Å². The molecule has 1 unspecified atom stereocenters. The van der Waals surface area contributed by atoms with Gasteiger partial charge in [0.15, 0.2) is 4.93 Å². The first kappa shape index (κ1) is 31.1. The van der Waals surface area contributed by atoms with Crippen LogP contribution in [0.25, 0.3) is 5.69 Å². The molecule has 3 atom stereocenters. The highest BCUT2D eigenvalue weighted by atomic mass is 32.2. The van der Waals surface area contributed by atoms with Gasteiger partial charge in [0.25, 0.3) is 0 Å². The molecule has 5 aromatic rings. The van der Waals surface area contributed by atoms with Crippen LogP contribution < -0.4 is 20.2 Å². The highest BCUT2D eigenvalue weighted by Gasteiger charge is 2.44. The van der Waals surface area contributed by atoms with Crippen molar-refractivity contribution >= 4 is 23.1 Å². The van der Waals surface area contributed by atoms with Crippen LogP contribution in [0.1, 0.15) is 31.9 Å². The summed E-state index contributed by atoms with van der Waals surface area (Å²) < 4.78 is 15.8. The zero-order valence-electron chi connectivity index (χ0n) is 26.8. The number of rotatable bonds is 11. The third-order valence-electron chi connectivity index (χ3n) is 9.00. The molecule has 0 amide bonds. The van der Waals surface area contributed by atoms with Crippen molar-refractivity contribution in [3.63, 3.8) is 0 Å². The van der Waals surface area contributed by atoms with Crippen LogP contribution in [-0.2, 0) is 16.2 Å². The standard InChI is InChI=1S/C35H40N8O3S/c1-3-27(2)43-34(44)41(26-38-43)31-11-9-29(10-12-31)39-19-21-40(22-20-39)30-13-15-32(16-14-30)45-23-33-24-46-35(47-33,25-42-36-17-18-37-42)28-7-5-4-6-8-28/h4-18,26-27,33H,3,19-25H2,1-2H3/t27?,33-,35-/m1/s1. The highest BCUT2D eigenvalue weighted by molar-refractivity contribution is 8.01. The molecule has 2 aromatic heterocycles. The maximum Gasteiger partial charge on any atom is 0.350 e. The summed E-state index contributed by atoms with van der Waals surface area (Å²) in [5, 5.41) is 13.1. The van der Waals surface area contributed by atoms with Gasteiger partial charge < -0.3 is 19.3 Å². The molecule has 0 radical (unpaired) electrons. The van der Waals surface area contributed by atoms with Crippen molar-refractivity contribution in [1.82, 2.24) is 29.3 Å². The Hall–Kier alpha value is -4.55. The molecule has 244 valence electrons. The predicted octanol–water partition coefficient (Wildman–Crippen LogP) is 4.99. The van der Waals surface area contributed by atoms with Gasteiger partial charge in [-0.2, -0.15) is 20.1 Å². The summed E-state index contributed by atoms with van der Waals surface area (Å²) in [5.41, 5.74) is 4.18. The van der Waals surface area contributed by atoms with Gasteiger partial charge in [0.2, 0.25) is 0 Å². The Morgan fingerprint density at radius 1 is 0.872 bits per heavy atom. The van der Waals surface area contributed by atoms with E-state index >= 15 is 0 Å².